The van der Waals surface area contributed by atoms with E-state index in [2.05, 4.69) is 27.0 Å². The van der Waals surface area contributed by atoms with Gasteiger partial charge >= 0.3 is 0 Å². The number of nitrogens with one attached hydrogen (secondary N) is 1. The maximum Gasteiger partial charge on any atom is 0.251 e. The van der Waals surface area contributed by atoms with Crippen LogP contribution in [0.4, 0.5) is 0 Å². The van der Waals surface area contributed by atoms with Crippen LogP contribution in [0.5, 0.6) is 5.75 Å². The number of rotatable bonds is 12. The van der Waals surface area contributed by atoms with E-state index in [4.69, 9.17) is 4.74 Å². The van der Waals surface area contributed by atoms with Crippen LogP contribution in [0.3, 0.4) is 0 Å². The Labute approximate surface area is 219 Å². The fourth-order valence-electron chi connectivity index (χ4n) is 4.24. The van der Waals surface area contributed by atoms with Crippen molar-refractivity contribution in [3.8, 4) is 5.75 Å². The molecule has 1 unspecified atom stereocenters. The first-order valence-electron chi connectivity index (χ1n) is 12.2. The van der Waals surface area contributed by atoms with E-state index in [-0.39, 0.29) is 24.1 Å². The number of benzene rings is 2. The van der Waals surface area contributed by atoms with Gasteiger partial charge in [0.25, 0.3) is 5.91 Å². The molecule has 4 rings (SSSR count). The number of aryl methyl sites for hydroxylation is 1. The first-order chi connectivity index (χ1) is 18.0. The lowest BCUT2D eigenvalue weighted by Gasteiger charge is -2.17. The van der Waals surface area contributed by atoms with Crippen LogP contribution in [0.2, 0.25) is 0 Å². The maximum atomic E-state index is 13.2. The first kappa shape index (κ1) is 26.4. The van der Waals surface area contributed by atoms with Crippen molar-refractivity contribution in [2.45, 2.75) is 44.6 Å². The SMILES string of the molecule is CCCn1cc(C(=O)CSc2nnc(C(CO)NC(=O)c3ccc(OC)cc3)n2CC)c2ccccc21. The zero-order chi connectivity index (χ0) is 26.4. The van der Waals surface area contributed by atoms with Crippen molar-refractivity contribution in [1.82, 2.24) is 24.6 Å². The zero-order valence-electron chi connectivity index (χ0n) is 21.2. The number of hydrogen-bond acceptors (Lipinski definition) is 7. The number of para-hydroxylation sites is 1. The summed E-state index contributed by atoms with van der Waals surface area (Å²) in [6.45, 7) is 5.06. The van der Waals surface area contributed by atoms with Gasteiger partial charge in [-0.15, -0.1) is 10.2 Å². The largest absolute Gasteiger partial charge is 0.497 e. The molecule has 2 N–H and O–H groups in total. The molecule has 2 heterocycles. The van der Waals surface area contributed by atoms with E-state index in [1.807, 2.05) is 42.0 Å². The molecule has 9 nitrogen and oxygen atoms in total. The molecule has 10 heteroatoms. The Morgan fingerprint density at radius 2 is 1.86 bits per heavy atom. The molecule has 37 heavy (non-hydrogen) atoms. The van der Waals surface area contributed by atoms with Crippen LogP contribution in [-0.2, 0) is 13.1 Å². The highest BCUT2D eigenvalue weighted by Crippen LogP contribution is 2.26. The fourth-order valence-corrected chi connectivity index (χ4v) is 5.13. The molecule has 0 aliphatic rings. The van der Waals surface area contributed by atoms with Gasteiger partial charge in [-0.3, -0.25) is 9.59 Å². The predicted octanol–water partition coefficient (Wildman–Crippen LogP) is 4.11. The molecular formula is C27H31N5O4S. The molecule has 1 atom stereocenters. The Bertz CT molecular complexity index is 1380. The summed E-state index contributed by atoms with van der Waals surface area (Å²) in [5.41, 5.74) is 2.18. The van der Waals surface area contributed by atoms with Gasteiger partial charge in [-0.05, 0) is 43.7 Å². The molecule has 1 amide bonds. The number of nitrogens with zero attached hydrogens (tertiary/aromatic N) is 4. The Hall–Kier alpha value is -3.63. The summed E-state index contributed by atoms with van der Waals surface area (Å²) in [4.78, 5) is 25.9. The van der Waals surface area contributed by atoms with E-state index >= 15 is 0 Å². The van der Waals surface area contributed by atoms with Crippen molar-refractivity contribution in [2.24, 2.45) is 0 Å². The summed E-state index contributed by atoms with van der Waals surface area (Å²) in [5, 5.41) is 22.8. The molecule has 4 aromatic rings. The molecule has 0 saturated carbocycles. The van der Waals surface area contributed by atoms with Gasteiger partial charge < -0.3 is 24.3 Å². The Morgan fingerprint density at radius 1 is 1.11 bits per heavy atom. The van der Waals surface area contributed by atoms with Gasteiger partial charge in [0.15, 0.2) is 16.8 Å². The van der Waals surface area contributed by atoms with Crippen LogP contribution in [0, 0.1) is 0 Å². The first-order valence-corrected chi connectivity index (χ1v) is 13.2. The average Bonchev–Trinajstić information content (AvgIpc) is 3.52. The van der Waals surface area contributed by atoms with Crippen LogP contribution in [0.1, 0.15) is 52.9 Å². The molecule has 0 aliphatic carbocycles. The van der Waals surface area contributed by atoms with E-state index in [9.17, 15) is 14.7 Å². The van der Waals surface area contributed by atoms with Crippen molar-refractivity contribution in [2.75, 3.05) is 19.5 Å². The fraction of sp³-hybridized carbons (Fsp3) is 0.333. The summed E-state index contributed by atoms with van der Waals surface area (Å²) < 4.78 is 9.07. The molecule has 0 bridgehead atoms. The summed E-state index contributed by atoms with van der Waals surface area (Å²) in [6, 6.07) is 13.9. The quantitative estimate of drug-likeness (QED) is 0.213. The molecule has 0 radical (unpaired) electrons. The number of methoxy groups -OCH3 is 1. The van der Waals surface area contributed by atoms with Crippen LogP contribution in [-0.4, -0.2) is 55.6 Å². The van der Waals surface area contributed by atoms with Gasteiger partial charge in [0.2, 0.25) is 0 Å². The normalized spacial score (nSPS) is 12.0. The number of aliphatic hydroxyl groups excluding tert-OH is 1. The number of hydrogen-bond donors (Lipinski definition) is 2. The van der Waals surface area contributed by atoms with Gasteiger partial charge in [-0.2, -0.15) is 0 Å². The Morgan fingerprint density at radius 3 is 2.54 bits per heavy atom. The smallest absolute Gasteiger partial charge is 0.251 e. The summed E-state index contributed by atoms with van der Waals surface area (Å²) >= 11 is 1.30. The second-order valence-corrected chi connectivity index (χ2v) is 9.43. The van der Waals surface area contributed by atoms with Crippen LogP contribution >= 0.6 is 11.8 Å². The van der Waals surface area contributed by atoms with Gasteiger partial charge in [0, 0.05) is 41.3 Å². The number of ketones is 1. The number of carbonyl (C=O) groups is 2. The van der Waals surface area contributed by atoms with E-state index in [1.165, 1.54) is 11.8 Å². The Balaban J connectivity index is 1.49. The highest BCUT2D eigenvalue weighted by atomic mass is 32.2. The van der Waals surface area contributed by atoms with Gasteiger partial charge in [-0.1, -0.05) is 36.9 Å². The summed E-state index contributed by atoms with van der Waals surface area (Å²) in [7, 11) is 1.56. The number of ether oxygens (including phenoxy) is 1. The third kappa shape index (κ3) is 5.70. The monoisotopic (exact) mass is 521 g/mol. The van der Waals surface area contributed by atoms with E-state index in [0.29, 0.717) is 34.4 Å². The maximum absolute atomic E-state index is 13.2. The molecule has 0 spiro atoms. The van der Waals surface area contributed by atoms with Gasteiger partial charge in [-0.25, -0.2) is 0 Å². The molecule has 0 saturated heterocycles. The third-order valence-electron chi connectivity index (χ3n) is 6.10. The van der Waals surface area contributed by atoms with E-state index in [1.54, 1.807) is 31.4 Å². The molecule has 194 valence electrons. The molecule has 2 aromatic heterocycles. The van der Waals surface area contributed by atoms with Crippen molar-refractivity contribution in [1.29, 1.82) is 0 Å². The summed E-state index contributed by atoms with van der Waals surface area (Å²) in [6.07, 6.45) is 2.91. The molecule has 0 fully saturated rings. The average molecular weight is 522 g/mol. The van der Waals surface area contributed by atoms with Crippen LogP contribution < -0.4 is 10.1 Å². The van der Waals surface area contributed by atoms with Crippen molar-refractivity contribution >= 4 is 34.4 Å². The standard InChI is InChI=1S/C27H31N5O4S/c1-4-14-31-15-21(20-8-6-7-9-23(20)31)24(34)17-37-27-30-29-25(32(27)5-2)22(16-33)28-26(35)18-10-12-19(36-3)13-11-18/h6-13,15,22,33H,4-5,14,16-17H2,1-3H3,(H,28,35). The number of thioether (sulfide) groups is 1. The van der Waals surface area contributed by atoms with E-state index < -0.39 is 6.04 Å². The minimum Gasteiger partial charge on any atom is -0.497 e. The number of aliphatic hydroxyl groups is 1. The second kappa shape index (κ2) is 12.1. The minimum atomic E-state index is -0.751. The van der Waals surface area contributed by atoms with Gasteiger partial charge in [0.05, 0.1) is 19.5 Å². The predicted molar refractivity (Wildman–Crippen MR) is 143 cm³/mol. The van der Waals surface area contributed by atoms with Crippen LogP contribution in [0.25, 0.3) is 10.9 Å². The Kier molecular flexibility index (Phi) is 8.62. The number of Topliss-reactive ketones (excluding diaryl/α,β-unsaturated/α-hetero) is 1. The number of aromatic nitrogens is 4. The highest BCUT2D eigenvalue weighted by Gasteiger charge is 2.24. The molecular weight excluding hydrogens is 490 g/mol. The third-order valence-corrected chi connectivity index (χ3v) is 7.07. The van der Waals surface area contributed by atoms with Gasteiger partial charge in [0.1, 0.15) is 11.8 Å². The molecule has 0 aliphatic heterocycles. The lowest BCUT2D eigenvalue weighted by Crippen LogP contribution is -2.32. The number of carbonyl (C=O) groups excluding carboxylic acids is 2. The van der Waals surface area contributed by atoms with Crippen molar-refractivity contribution in [3.05, 3.63) is 71.7 Å². The lowest BCUT2D eigenvalue weighted by molar-refractivity contribution is 0.0911. The van der Waals surface area contributed by atoms with E-state index in [0.717, 1.165) is 23.9 Å². The highest BCUT2D eigenvalue weighted by molar-refractivity contribution is 7.99. The number of fused-ring (bicyclic) bond motifs is 1. The van der Waals surface area contributed by atoms with Crippen LogP contribution in [0.15, 0.2) is 59.9 Å². The zero-order valence-corrected chi connectivity index (χ0v) is 22.0. The topological polar surface area (TPSA) is 111 Å². The van der Waals surface area contributed by atoms with Crippen molar-refractivity contribution < 1.29 is 19.4 Å². The molecule has 2 aromatic carbocycles. The second-order valence-electron chi connectivity index (χ2n) is 8.49. The minimum absolute atomic E-state index is 0.00905. The van der Waals surface area contributed by atoms with Crippen molar-refractivity contribution in [3.63, 3.8) is 0 Å². The summed E-state index contributed by atoms with van der Waals surface area (Å²) in [5.74, 6) is 0.934. The lowest BCUT2D eigenvalue weighted by atomic mass is 10.1. The number of amides is 1.